The van der Waals surface area contributed by atoms with E-state index in [2.05, 4.69) is 10.1 Å². The fraction of sp³-hybridized carbons (Fsp3) is 0.286. The molecule has 152 valence electrons. The van der Waals surface area contributed by atoms with Crippen molar-refractivity contribution in [2.24, 2.45) is 0 Å². The van der Waals surface area contributed by atoms with Crippen LogP contribution in [-0.4, -0.2) is 41.2 Å². The van der Waals surface area contributed by atoms with Gasteiger partial charge in [0.25, 0.3) is 5.91 Å². The Labute approximate surface area is 174 Å². The van der Waals surface area contributed by atoms with Gasteiger partial charge in [0.2, 0.25) is 11.7 Å². The number of rotatable bonds is 8. The van der Waals surface area contributed by atoms with E-state index in [0.717, 1.165) is 5.56 Å². The first-order valence-corrected chi connectivity index (χ1v) is 9.52. The molecule has 0 unspecified atom stereocenters. The van der Waals surface area contributed by atoms with Crippen LogP contribution in [-0.2, 0) is 11.3 Å². The molecule has 8 heteroatoms. The third-order valence-electron chi connectivity index (χ3n) is 4.28. The number of benzene rings is 2. The third-order valence-corrected chi connectivity index (χ3v) is 4.53. The number of amides is 1. The highest BCUT2D eigenvalue weighted by Gasteiger charge is 2.24. The molecule has 1 heterocycles. The molecule has 0 aliphatic carbocycles. The van der Waals surface area contributed by atoms with Gasteiger partial charge >= 0.3 is 0 Å². The van der Waals surface area contributed by atoms with Gasteiger partial charge in [0.1, 0.15) is 11.5 Å². The fourth-order valence-corrected chi connectivity index (χ4v) is 2.84. The Balaban J connectivity index is 1.65. The molecule has 0 radical (unpaired) electrons. The summed E-state index contributed by atoms with van der Waals surface area (Å²) in [7, 11) is 3.27. The van der Waals surface area contributed by atoms with Crippen LogP contribution in [0, 0.1) is 0 Å². The van der Waals surface area contributed by atoms with Crippen molar-refractivity contribution in [1.29, 1.82) is 0 Å². The number of methoxy groups -OCH3 is 1. The van der Waals surface area contributed by atoms with E-state index >= 15 is 0 Å². The number of aromatic nitrogens is 2. The van der Waals surface area contributed by atoms with Gasteiger partial charge in [0.05, 0.1) is 13.7 Å². The van der Waals surface area contributed by atoms with Crippen molar-refractivity contribution < 1.29 is 18.8 Å². The molecule has 0 spiro atoms. The van der Waals surface area contributed by atoms with E-state index in [1.165, 1.54) is 4.90 Å². The predicted molar refractivity (Wildman–Crippen MR) is 109 cm³/mol. The number of hydrogen-bond acceptors (Lipinski definition) is 6. The second-order valence-corrected chi connectivity index (χ2v) is 6.84. The topological polar surface area (TPSA) is 77.7 Å². The molecule has 0 aliphatic rings. The van der Waals surface area contributed by atoms with E-state index in [1.54, 1.807) is 38.4 Å². The van der Waals surface area contributed by atoms with Crippen molar-refractivity contribution in [3.05, 3.63) is 59.4 Å². The molecule has 0 bridgehead atoms. The Morgan fingerprint density at radius 2 is 1.97 bits per heavy atom. The summed E-state index contributed by atoms with van der Waals surface area (Å²) in [5.74, 6) is 1.88. The summed E-state index contributed by atoms with van der Waals surface area (Å²) in [6.45, 7) is 2.07. The minimum atomic E-state index is -0.623. The number of ether oxygens (including phenoxy) is 2. The Morgan fingerprint density at radius 3 is 2.66 bits per heavy atom. The van der Waals surface area contributed by atoms with Crippen LogP contribution >= 0.6 is 11.6 Å². The molecule has 0 N–H and O–H groups in total. The molecule has 1 aromatic heterocycles. The maximum Gasteiger partial charge on any atom is 0.263 e. The molecule has 0 fully saturated rings. The highest BCUT2D eigenvalue weighted by atomic mass is 35.5. The molecule has 0 saturated heterocycles. The molecule has 3 aromatic rings. The average molecular weight is 416 g/mol. The number of carbonyl (C=O) groups is 1. The SMILES string of the molecule is CC[C@@H](Oc1ccc(Cl)cc1)C(=O)N(C)Cc1nc(-c2cccc(OC)c2)no1. The minimum Gasteiger partial charge on any atom is -0.497 e. The predicted octanol–water partition coefficient (Wildman–Crippen LogP) is 4.21. The first kappa shape index (κ1) is 20.7. The van der Waals surface area contributed by atoms with Crippen LogP contribution in [0.2, 0.25) is 5.02 Å². The summed E-state index contributed by atoms with van der Waals surface area (Å²) in [6.07, 6.45) is -0.105. The van der Waals surface area contributed by atoms with Gasteiger partial charge in [0.15, 0.2) is 6.10 Å². The van der Waals surface area contributed by atoms with Crippen molar-refractivity contribution >= 4 is 17.5 Å². The molecule has 2 aromatic carbocycles. The van der Waals surface area contributed by atoms with Gasteiger partial charge in [-0.1, -0.05) is 35.8 Å². The van der Waals surface area contributed by atoms with Crippen molar-refractivity contribution in [1.82, 2.24) is 15.0 Å². The molecule has 7 nitrogen and oxygen atoms in total. The Kier molecular flexibility index (Phi) is 6.72. The summed E-state index contributed by atoms with van der Waals surface area (Å²) in [6, 6.07) is 14.3. The van der Waals surface area contributed by atoms with E-state index in [1.807, 2.05) is 31.2 Å². The van der Waals surface area contributed by atoms with Gasteiger partial charge in [-0.15, -0.1) is 0 Å². The highest BCUT2D eigenvalue weighted by molar-refractivity contribution is 6.30. The normalized spacial score (nSPS) is 11.7. The first-order chi connectivity index (χ1) is 14.0. The molecular formula is C21H22ClN3O4. The Bertz CT molecular complexity index is 959. The average Bonchev–Trinajstić information content (AvgIpc) is 3.21. The zero-order chi connectivity index (χ0) is 20.8. The van der Waals surface area contributed by atoms with Crippen molar-refractivity contribution in [2.75, 3.05) is 14.2 Å². The highest BCUT2D eigenvalue weighted by Crippen LogP contribution is 2.22. The van der Waals surface area contributed by atoms with E-state index < -0.39 is 6.10 Å². The number of likely N-dealkylation sites (N-methyl/N-ethyl adjacent to an activating group) is 1. The smallest absolute Gasteiger partial charge is 0.263 e. The lowest BCUT2D eigenvalue weighted by molar-refractivity contribution is -0.138. The summed E-state index contributed by atoms with van der Waals surface area (Å²) in [5, 5.41) is 4.60. The maximum absolute atomic E-state index is 12.8. The van der Waals surface area contributed by atoms with E-state index in [0.29, 0.717) is 34.7 Å². The lowest BCUT2D eigenvalue weighted by Crippen LogP contribution is -2.39. The summed E-state index contributed by atoms with van der Waals surface area (Å²) >= 11 is 5.89. The van der Waals surface area contributed by atoms with Crippen LogP contribution in [0.3, 0.4) is 0 Å². The second-order valence-electron chi connectivity index (χ2n) is 6.41. The lowest BCUT2D eigenvalue weighted by atomic mass is 10.2. The molecule has 0 aliphatic heterocycles. The van der Waals surface area contributed by atoms with Gasteiger partial charge in [-0.3, -0.25) is 4.79 Å². The lowest BCUT2D eigenvalue weighted by Gasteiger charge is -2.22. The summed E-state index contributed by atoms with van der Waals surface area (Å²) in [5.41, 5.74) is 0.769. The zero-order valence-electron chi connectivity index (χ0n) is 16.5. The van der Waals surface area contributed by atoms with Crippen molar-refractivity contribution in [2.45, 2.75) is 26.0 Å². The first-order valence-electron chi connectivity index (χ1n) is 9.14. The standard InChI is InChI=1S/C21H22ClN3O4/c1-4-18(28-16-10-8-15(22)9-11-16)21(26)25(2)13-19-23-20(24-29-19)14-6-5-7-17(12-14)27-3/h5-12,18H,4,13H2,1-3H3/t18-/m1/s1. The fourth-order valence-electron chi connectivity index (χ4n) is 2.71. The van der Waals surface area contributed by atoms with E-state index in [9.17, 15) is 4.79 Å². The second kappa shape index (κ2) is 9.43. The molecule has 1 amide bonds. The Morgan fingerprint density at radius 1 is 1.21 bits per heavy atom. The third kappa shape index (κ3) is 5.26. The molecule has 29 heavy (non-hydrogen) atoms. The van der Waals surface area contributed by atoms with E-state index in [4.69, 9.17) is 25.6 Å². The van der Waals surface area contributed by atoms with Gasteiger partial charge in [-0.05, 0) is 42.8 Å². The van der Waals surface area contributed by atoms with Crippen LogP contribution in [0.15, 0.2) is 53.1 Å². The molecule has 0 saturated carbocycles. The van der Waals surface area contributed by atoms with Gasteiger partial charge in [-0.25, -0.2) is 0 Å². The van der Waals surface area contributed by atoms with Gasteiger partial charge < -0.3 is 18.9 Å². The quantitative estimate of drug-likeness (QED) is 0.548. The molecule has 1 atom stereocenters. The number of hydrogen-bond donors (Lipinski definition) is 0. The number of carbonyl (C=O) groups excluding carboxylic acids is 1. The van der Waals surface area contributed by atoms with Crippen molar-refractivity contribution in [3.63, 3.8) is 0 Å². The monoisotopic (exact) mass is 415 g/mol. The van der Waals surface area contributed by atoms with E-state index in [-0.39, 0.29) is 12.5 Å². The Hall–Kier alpha value is -3.06. The van der Waals surface area contributed by atoms with Gasteiger partial charge in [-0.2, -0.15) is 4.98 Å². The van der Waals surface area contributed by atoms with Crippen LogP contribution in [0.1, 0.15) is 19.2 Å². The maximum atomic E-state index is 12.8. The van der Waals surface area contributed by atoms with Crippen molar-refractivity contribution in [3.8, 4) is 22.9 Å². The van der Waals surface area contributed by atoms with Crippen LogP contribution < -0.4 is 9.47 Å². The largest absolute Gasteiger partial charge is 0.497 e. The van der Waals surface area contributed by atoms with Crippen LogP contribution in [0.4, 0.5) is 0 Å². The zero-order valence-corrected chi connectivity index (χ0v) is 17.2. The summed E-state index contributed by atoms with van der Waals surface area (Å²) < 4.78 is 16.3. The minimum absolute atomic E-state index is 0.177. The van der Waals surface area contributed by atoms with Crippen LogP contribution in [0.5, 0.6) is 11.5 Å². The number of halogens is 1. The number of nitrogens with zero attached hydrogens (tertiary/aromatic N) is 3. The van der Waals surface area contributed by atoms with Gasteiger partial charge in [0, 0.05) is 17.6 Å². The summed E-state index contributed by atoms with van der Waals surface area (Å²) in [4.78, 5) is 18.7. The molecular weight excluding hydrogens is 394 g/mol. The van der Waals surface area contributed by atoms with Crippen LogP contribution in [0.25, 0.3) is 11.4 Å². The molecule has 3 rings (SSSR count).